The molecule has 0 saturated heterocycles. The van der Waals surface area contributed by atoms with Gasteiger partial charge >= 0.3 is 0 Å². The summed E-state index contributed by atoms with van der Waals surface area (Å²) in [4.78, 5) is 0. The zero-order valence-electron chi connectivity index (χ0n) is 67.7. The lowest BCUT2D eigenvalue weighted by Crippen LogP contribution is -2.39. The molecule has 0 N–H and O–H groups in total. The number of hydrogen-bond acceptors (Lipinski definition) is 0. The maximum atomic E-state index is 2.42. The van der Waals surface area contributed by atoms with Gasteiger partial charge in [0, 0.05) is 0 Å². The molecule has 12 unspecified atom stereocenters. The van der Waals surface area contributed by atoms with E-state index in [1.165, 1.54) is 186 Å². The second-order valence-corrected chi connectivity index (χ2v) is 39.3. The van der Waals surface area contributed by atoms with E-state index in [9.17, 15) is 0 Å². The van der Waals surface area contributed by atoms with Crippen LogP contribution in [0.25, 0.3) is 0 Å². The highest BCUT2D eigenvalue weighted by Gasteiger charge is 2.38. The lowest BCUT2D eigenvalue weighted by Gasteiger charge is -2.45. The molecule has 88 heavy (non-hydrogen) atoms. The Morgan fingerprint density at radius 3 is 0.670 bits per heavy atom. The molecule has 0 aliphatic heterocycles. The standard InChI is InChI=1S/11C8H16/c2*1-6-4-7(2)8(3)5-6;2*1-7-4-5-8(2,3)6-7;2*1-7-5-4-6-8(7,2)3;2*1-6-4-5-7(2)8(6)3;1-5-6(2)8(4)7(5)3;1-3-8(2)6-4-5-7-8;1-3-8-6-4-5-7(8)2/h2*6-8H,4-5H2,1-3H3;4*7H,4-6H2,1-3H3;2*6-8H,4-5H2,1-3H3;5-8H,1-4H3;3-7H2,1-2H3;7-8H,3-6H2,1-2H3/t6?,7-,8?;;7-;;7-;;;;;;/m0.0.0....../s1. The third-order valence-electron chi connectivity index (χ3n) is 29.3. The zero-order chi connectivity index (χ0) is 67.7. The van der Waals surface area contributed by atoms with E-state index in [1.807, 2.05) is 0 Å². The quantitative estimate of drug-likeness (QED) is 0.259. The molecule has 528 valence electrons. The Bertz CT molecular complexity index is 1530. The Hall–Kier alpha value is 0. The summed E-state index contributed by atoms with van der Waals surface area (Å²) in [5, 5.41) is 0. The first-order valence-corrected chi connectivity index (χ1v) is 40.5. The third kappa shape index (κ3) is 32.6. The molecule has 0 heteroatoms. The minimum absolute atomic E-state index is 0.653. The molecule has 0 heterocycles. The Balaban J connectivity index is 0.000000484. The van der Waals surface area contributed by atoms with Gasteiger partial charge in [0.15, 0.2) is 0 Å². The second-order valence-electron chi connectivity index (χ2n) is 39.3. The Morgan fingerprint density at radius 1 is 0.261 bits per heavy atom. The molecule has 0 amide bonds. The minimum Gasteiger partial charge on any atom is -0.0651 e. The highest BCUT2D eigenvalue weighted by atomic mass is 14.4. The van der Waals surface area contributed by atoms with Crippen molar-refractivity contribution in [2.24, 2.45) is 157 Å². The van der Waals surface area contributed by atoms with Gasteiger partial charge in [-0.05, 0) is 234 Å². The molecule has 0 aromatic rings. The van der Waals surface area contributed by atoms with Crippen LogP contribution in [-0.2, 0) is 0 Å². The smallest absolute Gasteiger partial charge is 0.0328 e. The van der Waals surface area contributed by atoms with Gasteiger partial charge in [-0.15, -0.1) is 0 Å². The molecule has 11 saturated carbocycles. The van der Waals surface area contributed by atoms with E-state index < -0.39 is 0 Å². The molecule has 15 atom stereocenters. The Morgan fingerprint density at radius 2 is 0.568 bits per heavy atom. The van der Waals surface area contributed by atoms with Gasteiger partial charge in [-0.2, -0.15) is 0 Å². The first kappa shape index (κ1) is 86.0. The largest absolute Gasteiger partial charge is 0.0651 e. The van der Waals surface area contributed by atoms with Crippen molar-refractivity contribution in [1.29, 1.82) is 0 Å². The molecule has 0 nitrogen and oxygen atoms in total. The highest BCUT2D eigenvalue weighted by Crippen LogP contribution is 2.47. The average molecular weight is 1230 g/mol. The van der Waals surface area contributed by atoms with Crippen LogP contribution in [0, 0.1) is 157 Å². The summed E-state index contributed by atoms with van der Waals surface area (Å²) in [6, 6.07) is 0. The first-order chi connectivity index (χ1) is 40.5. The van der Waals surface area contributed by atoms with E-state index in [-0.39, 0.29) is 0 Å². The molecule has 0 aromatic heterocycles. The summed E-state index contributed by atoms with van der Waals surface area (Å²) >= 11 is 0. The van der Waals surface area contributed by atoms with Crippen LogP contribution in [0.15, 0.2) is 0 Å². The molecular formula is C88H176. The van der Waals surface area contributed by atoms with E-state index in [4.69, 9.17) is 0 Å². The number of rotatable bonds is 2. The van der Waals surface area contributed by atoms with Crippen LogP contribution in [-0.4, -0.2) is 0 Å². The van der Waals surface area contributed by atoms with E-state index in [0.717, 1.165) is 136 Å². The first-order valence-electron chi connectivity index (χ1n) is 40.5. The fourth-order valence-corrected chi connectivity index (χ4v) is 18.6. The van der Waals surface area contributed by atoms with Crippen molar-refractivity contribution in [2.75, 3.05) is 0 Å². The third-order valence-corrected chi connectivity index (χ3v) is 29.3. The molecule has 0 aromatic carbocycles. The Labute approximate surface area is 561 Å². The van der Waals surface area contributed by atoms with Crippen molar-refractivity contribution in [3.05, 3.63) is 0 Å². The van der Waals surface area contributed by atoms with Crippen LogP contribution in [0.1, 0.15) is 408 Å². The van der Waals surface area contributed by atoms with Gasteiger partial charge in [0.2, 0.25) is 0 Å². The fraction of sp³-hybridized carbons (Fsp3) is 1.00. The van der Waals surface area contributed by atoms with E-state index in [1.54, 1.807) is 0 Å². The van der Waals surface area contributed by atoms with Crippen molar-refractivity contribution >= 4 is 0 Å². The van der Waals surface area contributed by atoms with Gasteiger partial charge in [-0.3, -0.25) is 0 Å². The molecule has 11 aliphatic rings. The maximum Gasteiger partial charge on any atom is -0.0328 e. The van der Waals surface area contributed by atoms with Crippen LogP contribution >= 0.6 is 0 Å². The minimum atomic E-state index is 0.653. The van der Waals surface area contributed by atoms with Crippen molar-refractivity contribution in [3.63, 3.8) is 0 Å². The topological polar surface area (TPSA) is 0 Å². The van der Waals surface area contributed by atoms with Gasteiger partial charge in [0.1, 0.15) is 0 Å². The van der Waals surface area contributed by atoms with Crippen LogP contribution in [0.4, 0.5) is 0 Å². The number of hydrogen-bond donors (Lipinski definition) is 0. The van der Waals surface area contributed by atoms with Crippen molar-refractivity contribution in [3.8, 4) is 0 Å². The summed E-state index contributed by atoms with van der Waals surface area (Å²) < 4.78 is 0. The molecule has 11 aliphatic carbocycles. The van der Waals surface area contributed by atoms with E-state index in [2.05, 4.69) is 222 Å². The van der Waals surface area contributed by atoms with Gasteiger partial charge in [0.05, 0.1) is 0 Å². The average Bonchev–Trinajstić information content (AvgIpc) is 2.43. The molecule has 0 spiro atoms. The summed E-state index contributed by atoms with van der Waals surface area (Å²) in [6.45, 7) is 75.7. The molecule has 11 rings (SSSR count). The van der Waals surface area contributed by atoms with Crippen LogP contribution < -0.4 is 0 Å². The van der Waals surface area contributed by atoms with Crippen LogP contribution in [0.3, 0.4) is 0 Å². The summed E-state index contributed by atoms with van der Waals surface area (Å²) in [5.74, 6) is 21.8. The second kappa shape index (κ2) is 41.2. The summed E-state index contributed by atoms with van der Waals surface area (Å²) in [6.07, 6.45) is 42.2. The molecular weight excluding hydrogens is 1060 g/mol. The normalized spacial score (nSPS) is 41.2. The molecule has 0 radical (unpaired) electrons. The SMILES string of the molecule is CC1C(C)C(C)C1C.CC1CC(C)C(C)C1.CC1CC(C)[C@@H](C)C1.CC1CCC(C)(C)C1.CC1CCC(C)C1C.CC1CCC(C)C1C.CC1CCCC1(C)C.CCC1(C)CCCC1.CCC1CCCC1C.C[C@H]1CCC(C)(C)C1.C[C@H]1CCCC1(C)C. The lowest BCUT2D eigenvalue weighted by atomic mass is 9.60. The predicted octanol–water partition coefficient (Wildman–Crippen LogP) is 30.4. The van der Waals surface area contributed by atoms with Crippen molar-refractivity contribution in [1.82, 2.24) is 0 Å². The highest BCUT2D eigenvalue weighted by molar-refractivity contribution is 4.88. The van der Waals surface area contributed by atoms with Gasteiger partial charge in [0.25, 0.3) is 0 Å². The fourth-order valence-electron chi connectivity index (χ4n) is 18.6. The van der Waals surface area contributed by atoms with E-state index >= 15 is 0 Å². The van der Waals surface area contributed by atoms with E-state index in [0.29, 0.717) is 21.7 Å². The summed E-state index contributed by atoms with van der Waals surface area (Å²) in [7, 11) is 0. The molecule has 0 bridgehead atoms. The van der Waals surface area contributed by atoms with Crippen molar-refractivity contribution in [2.45, 2.75) is 408 Å². The zero-order valence-corrected chi connectivity index (χ0v) is 67.7. The summed E-state index contributed by atoms with van der Waals surface area (Å²) in [5.41, 5.74) is 3.37. The van der Waals surface area contributed by atoms with Crippen LogP contribution in [0.2, 0.25) is 0 Å². The monoisotopic (exact) mass is 1230 g/mol. The van der Waals surface area contributed by atoms with Gasteiger partial charge in [-0.1, -0.05) is 331 Å². The predicted molar refractivity (Wildman–Crippen MR) is 404 cm³/mol. The Kier molecular flexibility index (Phi) is 40.3. The lowest BCUT2D eigenvalue weighted by molar-refractivity contribution is 0.0302. The maximum absolute atomic E-state index is 2.42. The van der Waals surface area contributed by atoms with Gasteiger partial charge in [-0.25, -0.2) is 0 Å². The van der Waals surface area contributed by atoms with Gasteiger partial charge < -0.3 is 0 Å². The van der Waals surface area contributed by atoms with Crippen LogP contribution in [0.5, 0.6) is 0 Å². The molecule has 11 fully saturated rings. The van der Waals surface area contributed by atoms with Crippen molar-refractivity contribution < 1.29 is 0 Å².